The number of carbonyl (C=O) groups is 3. The summed E-state index contributed by atoms with van der Waals surface area (Å²) in [5.74, 6) is -2.26. The minimum Gasteiger partial charge on any atom is -0.394 e. The standard InChI is InChI=1S/C31H42BrN3O5/c1-5-8-12-17-34(16-7-3)30(39)27-31-19-23(32)26(40-31)24(28(37)33(4)15-6-2)25(31)29(38)35(27)22(20-36)18-21-13-10-9-11-14-21/h6-7,9-11,13-14,22-27,36H,2-3,5,8,12,15-20H2,1,4H3/t22-,23?,24-,25+,26-,27?,31?/m1/s1. The van der Waals surface area contributed by atoms with Crippen LogP contribution in [0.1, 0.15) is 38.2 Å². The van der Waals surface area contributed by atoms with Crippen LogP contribution < -0.4 is 0 Å². The number of alkyl halides is 1. The van der Waals surface area contributed by atoms with Gasteiger partial charge in [-0.05, 0) is 24.8 Å². The second-order valence-corrected chi connectivity index (χ2v) is 12.4. The fourth-order valence-electron chi connectivity index (χ4n) is 6.87. The van der Waals surface area contributed by atoms with Crippen molar-refractivity contribution in [2.24, 2.45) is 11.8 Å². The Labute approximate surface area is 246 Å². The number of fused-ring (bicyclic) bond motifs is 1. The topological polar surface area (TPSA) is 90.4 Å². The predicted octanol–water partition coefficient (Wildman–Crippen LogP) is 3.19. The molecule has 3 heterocycles. The largest absolute Gasteiger partial charge is 0.394 e. The molecule has 0 aliphatic carbocycles. The van der Waals surface area contributed by atoms with Gasteiger partial charge in [0.2, 0.25) is 17.7 Å². The van der Waals surface area contributed by atoms with E-state index in [9.17, 15) is 19.5 Å². The number of benzene rings is 1. The molecule has 1 spiro atoms. The highest BCUT2D eigenvalue weighted by molar-refractivity contribution is 9.09. The van der Waals surface area contributed by atoms with E-state index in [0.29, 0.717) is 32.5 Å². The van der Waals surface area contributed by atoms with Gasteiger partial charge in [-0.25, -0.2) is 0 Å². The Morgan fingerprint density at radius 2 is 1.90 bits per heavy atom. The highest BCUT2D eigenvalue weighted by Gasteiger charge is 2.77. The second-order valence-electron chi connectivity index (χ2n) is 11.2. The normalized spacial score (nSPS) is 29.2. The molecule has 3 fully saturated rings. The number of likely N-dealkylation sites (N-methyl/N-ethyl adjacent to an activating group) is 1. The Kier molecular flexibility index (Phi) is 9.90. The van der Waals surface area contributed by atoms with Crippen molar-refractivity contribution in [3.63, 3.8) is 0 Å². The van der Waals surface area contributed by atoms with Crippen LogP contribution in [0, 0.1) is 11.8 Å². The van der Waals surface area contributed by atoms with Crippen molar-refractivity contribution in [2.45, 2.75) is 67.6 Å². The molecule has 40 heavy (non-hydrogen) atoms. The SMILES string of the molecule is C=CCN(C)C(=O)[C@H]1[C@@H]2OC3(CC2Br)C(C(=O)N(CC=C)CCCCC)N([C@@H](CO)Cc2ccccc2)C(=O)[C@H]13. The maximum atomic E-state index is 14.5. The summed E-state index contributed by atoms with van der Waals surface area (Å²) in [6.45, 7) is 10.6. The molecular formula is C31H42BrN3O5. The maximum absolute atomic E-state index is 14.5. The van der Waals surface area contributed by atoms with Gasteiger partial charge in [-0.15, -0.1) is 13.2 Å². The van der Waals surface area contributed by atoms with Crippen LogP contribution in [0.5, 0.6) is 0 Å². The maximum Gasteiger partial charge on any atom is 0.248 e. The van der Waals surface area contributed by atoms with Crippen molar-refractivity contribution in [3.8, 4) is 0 Å². The average Bonchev–Trinajstić information content (AvgIpc) is 3.54. The number of rotatable bonds is 14. The summed E-state index contributed by atoms with van der Waals surface area (Å²) in [5.41, 5.74) is -0.223. The first-order valence-corrected chi connectivity index (χ1v) is 15.2. The smallest absolute Gasteiger partial charge is 0.248 e. The molecule has 0 saturated carbocycles. The van der Waals surface area contributed by atoms with Crippen molar-refractivity contribution in [2.75, 3.05) is 33.3 Å². The quantitative estimate of drug-likeness (QED) is 0.197. The van der Waals surface area contributed by atoms with E-state index in [-0.39, 0.29) is 29.2 Å². The van der Waals surface area contributed by atoms with Crippen molar-refractivity contribution in [1.82, 2.24) is 14.7 Å². The van der Waals surface area contributed by atoms with Gasteiger partial charge in [0.25, 0.3) is 0 Å². The van der Waals surface area contributed by atoms with Gasteiger partial charge in [-0.1, -0.05) is 78.2 Å². The second kappa shape index (κ2) is 13.0. The third kappa shape index (κ3) is 5.40. The molecule has 218 valence electrons. The summed E-state index contributed by atoms with van der Waals surface area (Å²) >= 11 is 3.73. The summed E-state index contributed by atoms with van der Waals surface area (Å²) in [5, 5.41) is 10.6. The predicted molar refractivity (Wildman–Crippen MR) is 158 cm³/mol. The first kappa shape index (κ1) is 30.5. The van der Waals surface area contributed by atoms with Crippen LogP contribution in [0.25, 0.3) is 0 Å². The van der Waals surface area contributed by atoms with Crippen LogP contribution >= 0.6 is 15.9 Å². The Morgan fingerprint density at radius 1 is 1.20 bits per heavy atom. The zero-order valence-corrected chi connectivity index (χ0v) is 25.2. The number of aliphatic hydroxyl groups excluding tert-OH is 1. The molecule has 3 aliphatic rings. The van der Waals surface area contributed by atoms with E-state index < -0.39 is 35.6 Å². The number of likely N-dealkylation sites (tertiary alicyclic amines) is 1. The zero-order chi connectivity index (χ0) is 29.0. The fraction of sp³-hybridized carbons (Fsp3) is 0.581. The number of halogens is 1. The fourth-order valence-corrected chi connectivity index (χ4v) is 7.81. The van der Waals surface area contributed by atoms with E-state index in [1.165, 1.54) is 0 Å². The molecule has 9 heteroatoms. The van der Waals surface area contributed by atoms with Crippen LogP contribution in [0.4, 0.5) is 0 Å². The molecule has 3 amide bonds. The summed E-state index contributed by atoms with van der Waals surface area (Å²) in [6, 6.07) is 8.02. The first-order chi connectivity index (χ1) is 19.2. The molecule has 2 bridgehead atoms. The minimum absolute atomic E-state index is 0.187. The van der Waals surface area contributed by atoms with Gasteiger partial charge in [-0.2, -0.15) is 0 Å². The lowest BCUT2D eigenvalue weighted by molar-refractivity contribution is -0.151. The lowest BCUT2D eigenvalue weighted by Crippen LogP contribution is -2.59. The molecule has 8 nitrogen and oxygen atoms in total. The number of hydrogen-bond donors (Lipinski definition) is 1. The third-order valence-corrected chi connectivity index (χ3v) is 9.48. The van der Waals surface area contributed by atoms with Crippen molar-refractivity contribution < 1.29 is 24.2 Å². The summed E-state index contributed by atoms with van der Waals surface area (Å²) in [4.78, 5) is 47.4. The van der Waals surface area contributed by atoms with Gasteiger partial charge in [0.1, 0.15) is 11.6 Å². The molecule has 3 aliphatic heterocycles. The van der Waals surface area contributed by atoms with E-state index in [1.807, 2.05) is 30.3 Å². The molecule has 4 rings (SSSR count). The van der Waals surface area contributed by atoms with E-state index in [2.05, 4.69) is 36.0 Å². The highest BCUT2D eigenvalue weighted by Crippen LogP contribution is 2.60. The third-order valence-electron chi connectivity index (χ3n) is 8.64. The van der Waals surface area contributed by atoms with Crippen LogP contribution in [-0.4, -0.2) is 99.4 Å². The number of carbonyl (C=O) groups excluding carboxylic acids is 3. The summed E-state index contributed by atoms with van der Waals surface area (Å²) in [6.07, 6.45) is 6.44. The number of amides is 3. The minimum atomic E-state index is -1.17. The highest BCUT2D eigenvalue weighted by atomic mass is 79.9. The molecule has 1 aromatic carbocycles. The van der Waals surface area contributed by atoms with Gasteiger partial charge in [0.05, 0.1) is 30.6 Å². The monoisotopic (exact) mass is 615 g/mol. The van der Waals surface area contributed by atoms with E-state index >= 15 is 0 Å². The lowest BCUT2D eigenvalue weighted by atomic mass is 9.70. The number of ether oxygens (including phenoxy) is 1. The Bertz CT molecular complexity index is 1100. The number of unbranched alkanes of at least 4 members (excludes halogenated alkanes) is 2. The molecule has 7 atom stereocenters. The van der Waals surface area contributed by atoms with Crippen LogP contribution in [0.15, 0.2) is 55.6 Å². The molecule has 3 unspecified atom stereocenters. The first-order valence-electron chi connectivity index (χ1n) is 14.3. The number of hydrogen-bond acceptors (Lipinski definition) is 5. The number of aliphatic hydroxyl groups is 1. The van der Waals surface area contributed by atoms with Gasteiger partial charge < -0.3 is 24.5 Å². The van der Waals surface area contributed by atoms with E-state index in [4.69, 9.17) is 4.74 Å². The summed E-state index contributed by atoms with van der Waals surface area (Å²) in [7, 11) is 1.69. The molecule has 0 radical (unpaired) electrons. The van der Waals surface area contributed by atoms with Crippen molar-refractivity contribution in [1.29, 1.82) is 0 Å². The molecule has 1 aromatic rings. The van der Waals surface area contributed by atoms with Crippen molar-refractivity contribution >= 4 is 33.7 Å². The summed E-state index contributed by atoms with van der Waals surface area (Å²) < 4.78 is 6.65. The van der Waals surface area contributed by atoms with Gasteiger partial charge >= 0.3 is 0 Å². The van der Waals surface area contributed by atoms with Gasteiger partial charge in [0.15, 0.2) is 0 Å². The molecule has 3 saturated heterocycles. The Hall–Kier alpha value is -2.49. The van der Waals surface area contributed by atoms with E-state index in [1.54, 1.807) is 33.9 Å². The van der Waals surface area contributed by atoms with Crippen LogP contribution in [0.2, 0.25) is 0 Å². The Balaban J connectivity index is 1.79. The molecule has 1 N–H and O–H groups in total. The molecule has 0 aromatic heterocycles. The Morgan fingerprint density at radius 3 is 2.52 bits per heavy atom. The zero-order valence-electron chi connectivity index (χ0n) is 23.6. The average molecular weight is 617 g/mol. The molecular weight excluding hydrogens is 574 g/mol. The van der Waals surface area contributed by atoms with Gasteiger partial charge in [0, 0.05) is 31.5 Å². The lowest BCUT2D eigenvalue weighted by Gasteiger charge is -2.39. The van der Waals surface area contributed by atoms with Crippen LogP contribution in [-0.2, 0) is 25.5 Å². The number of nitrogens with zero attached hydrogens (tertiary/aromatic N) is 3. The van der Waals surface area contributed by atoms with Crippen LogP contribution in [0.3, 0.4) is 0 Å². The van der Waals surface area contributed by atoms with Crippen molar-refractivity contribution in [3.05, 3.63) is 61.2 Å². The van der Waals surface area contributed by atoms with Gasteiger partial charge in [-0.3, -0.25) is 14.4 Å². The van der Waals surface area contributed by atoms with E-state index in [0.717, 1.165) is 24.8 Å².